The van der Waals surface area contributed by atoms with Crippen LogP contribution in [-0.2, 0) is 13.2 Å². The van der Waals surface area contributed by atoms with Crippen LogP contribution in [0.25, 0.3) is 0 Å². The lowest BCUT2D eigenvalue weighted by atomic mass is 10.1. The average molecular weight is 259 g/mol. The summed E-state index contributed by atoms with van der Waals surface area (Å²) in [6, 6.07) is 13.0. The Morgan fingerprint density at radius 2 is 1.89 bits per heavy atom. The van der Waals surface area contributed by atoms with Crippen molar-refractivity contribution in [2.75, 3.05) is 11.9 Å². The largest absolute Gasteiger partial charge is 0.392 e. The fourth-order valence-electron chi connectivity index (χ4n) is 2.13. The normalized spacial score (nSPS) is 10.5. The number of hydrogen-bond donors (Lipinski definition) is 1. The number of aliphatic hydroxyl groups excluding tert-OH is 1. The van der Waals surface area contributed by atoms with Crippen LogP contribution in [0, 0.1) is 12.7 Å². The molecule has 0 aliphatic carbocycles. The molecule has 0 aliphatic heterocycles. The van der Waals surface area contributed by atoms with E-state index in [1.165, 1.54) is 11.6 Å². The molecule has 3 heteroatoms. The molecule has 0 fully saturated rings. The van der Waals surface area contributed by atoms with Crippen LogP contribution in [0.1, 0.15) is 16.7 Å². The van der Waals surface area contributed by atoms with E-state index in [4.69, 9.17) is 5.11 Å². The first-order valence-corrected chi connectivity index (χ1v) is 6.26. The summed E-state index contributed by atoms with van der Waals surface area (Å²) in [4.78, 5) is 1.87. The van der Waals surface area contributed by atoms with Gasteiger partial charge in [0.15, 0.2) is 0 Å². The topological polar surface area (TPSA) is 23.5 Å². The number of aryl methyl sites for hydroxylation is 1. The van der Waals surface area contributed by atoms with Crippen molar-refractivity contribution in [1.82, 2.24) is 0 Å². The summed E-state index contributed by atoms with van der Waals surface area (Å²) in [6.07, 6.45) is 0. The minimum absolute atomic E-state index is 0.140. The Kier molecular flexibility index (Phi) is 4.17. The molecule has 0 bridgehead atoms. The molecule has 0 amide bonds. The van der Waals surface area contributed by atoms with Crippen LogP contribution in [0.5, 0.6) is 0 Å². The van der Waals surface area contributed by atoms with E-state index in [0.29, 0.717) is 17.8 Å². The monoisotopic (exact) mass is 259 g/mol. The smallest absolute Gasteiger partial charge is 0.146 e. The lowest BCUT2D eigenvalue weighted by Crippen LogP contribution is -2.17. The second-order valence-corrected chi connectivity index (χ2v) is 4.79. The molecule has 2 nitrogen and oxygen atoms in total. The summed E-state index contributed by atoms with van der Waals surface area (Å²) < 4.78 is 13.9. The molecule has 0 radical (unpaired) electrons. The molecule has 2 rings (SSSR count). The minimum atomic E-state index is -0.304. The van der Waals surface area contributed by atoms with Gasteiger partial charge in [-0.2, -0.15) is 0 Å². The molecule has 0 aromatic heterocycles. The third-order valence-electron chi connectivity index (χ3n) is 3.11. The van der Waals surface area contributed by atoms with Crippen molar-refractivity contribution in [3.05, 3.63) is 65.0 Å². The highest BCUT2D eigenvalue weighted by atomic mass is 19.1. The van der Waals surface area contributed by atoms with E-state index < -0.39 is 0 Å². The Morgan fingerprint density at radius 1 is 1.11 bits per heavy atom. The van der Waals surface area contributed by atoms with Gasteiger partial charge in [-0.05, 0) is 30.2 Å². The van der Waals surface area contributed by atoms with Crippen molar-refractivity contribution in [2.24, 2.45) is 0 Å². The third kappa shape index (κ3) is 3.32. The first-order chi connectivity index (χ1) is 9.10. The molecule has 2 aromatic rings. The van der Waals surface area contributed by atoms with Crippen LogP contribution < -0.4 is 4.90 Å². The third-order valence-corrected chi connectivity index (χ3v) is 3.11. The highest BCUT2D eigenvalue weighted by Gasteiger charge is 2.08. The van der Waals surface area contributed by atoms with Crippen molar-refractivity contribution in [1.29, 1.82) is 0 Å². The summed E-state index contributed by atoms with van der Waals surface area (Å²) in [6.45, 7) is 2.55. The molecule has 1 N–H and O–H groups in total. The number of aliphatic hydroxyl groups is 1. The van der Waals surface area contributed by atoms with Crippen LogP contribution in [-0.4, -0.2) is 12.2 Å². The van der Waals surface area contributed by atoms with Gasteiger partial charge in [0, 0.05) is 13.6 Å². The Bertz CT molecular complexity index is 568. The van der Waals surface area contributed by atoms with E-state index >= 15 is 0 Å². The Morgan fingerprint density at radius 3 is 2.53 bits per heavy atom. The quantitative estimate of drug-likeness (QED) is 0.911. The molecule has 0 saturated heterocycles. The van der Waals surface area contributed by atoms with Gasteiger partial charge in [0.05, 0.1) is 12.3 Å². The maximum Gasteiger partial charge on any atom is 0.146 e. The second-order valence-electron chi connectivity index (χ2n) is 4.79. The fraction of sp³-hybridized carbons (Fsp3) is 0.250. The lowest BCUT2D eigenvalue weighted by molar-refractivity contribution is 0.281. The number of halogens is 1. The molecule has 100 valence electrons. The van der Waals surface area contributed by atoms with Gasteiger partial charge in [-0.3, -0.25) is 0 Å². The molecule has 19 heavy (non-hydrogen) atoms. The highest BCUT2D eigenvalue weighted by molar-refractivity contribution is 5.49. The molecule has 2 aromatic carbocycles. The van der Waals surface area contributed by atoms with Crippen molar-refractivity contribution < 1.29 is 9.50 Å². The summed E-state index contributed by atoms with van der Waals surface area (Å²) in [7, 11) is 1.86. The van der Waals surface area contributed by atoms with Gasteiger partial charge >= 0.3 is 0 Å². The molecular formula is C16H18FNO. The maximum absolute atomic E-state index is 13.9. The first-order valence-electron chi connectivity index (χ1n) is 6.26. The van der Waals surface area contributed by atoms with Gasteiger partial charge in [-0.25, -0.2) is 4.39 Å². The van der Waals surface area contributed by atoms with E-state index in [-0.39, 0.29) is 12.4 Å². The van der Waals surface area contributed by atoms with Crippen molar-refractivity contribution in [2.45, 2.75) is 20.1 Å². The van der Waals surface area contributed by atoms with E-state index in [9.17, 15) is 4.39 Å². The Labute approximate surface area is 113 Å². The number of benzene rings is 2. The van der Waals surface area contributed by atoms with Crippen LogP contribution >= 0.6 is 0 Å². The number of hydrogen-bond acceptors (Lipinski definition) is 2. The molecule has 0 aliphatic rings. The van der Waals surface area contributed by atoms with Crippen molar-refractivity contribution in [3.8, 4) is 0 Å². The molecule has 0 spiro atoms. The van der Waals surface area contributed by atoms with Crippen molar-refractivity contribution in [3.63, 3.8) is 0 Å². The Hall–Kier alpha value is -1.87. The zero-order chi connectivity index (χ0) is 13.8. The van der Waals surface area contributed by atoms with Gasteiger partial charge < -0.3 is 10.0 Å². The standard InChI is InChI=1S/C16H18FNO/c1-12-4-3-5-13(8-12)10-18(2)16-7-6-14(11-19)9-15(16)17/h3-9,19H,10-11H2,1-2H3. The first kappa shape index (κ1) is 13.6. The van der Waals surface area contributed by atoms with Crippen LogP contribution in [0.4, 0.5) is 10.1 Å². The predicted octanol–water partition coefficient (Wildman–Crippen LogP) is 3.26. The summed E-state index contributed by atoms with van der Waals surface area (Å²) in [5, 5.41) is 8.98. The van der Waals surface area contributed by atoms with Gasteiger partial charge in [-0.15, -0.1) is 0 Å². The van der Waals surface area contributed by atoms with Gasteiger partial charge in [-0.1, -0.05) is 35.9 Å². The van der Waals surface area contributed by atoms with Crippen molar-refractivity contribution >= 4 is 5.69 Å². The van der Waals surface area contributed by atoms with E-state index in [1.54, 1.807) is 12.1 Å². The lowest BCUT2D eigenvalue weighted by Gasteiger charge is -2.20. The molecule has 0 saturated carbocycles. The molecular weight excluding hydrogens is 241 g/mol. The Balaban J connectivity index is 2.18. The van der Waals surface area contributed by atoms with Crippen LogP contribution in [0.2, 0.25) is 0 Å². The molecule has 0 heterocycles. The zero-order valence-electron chi connectivity index (χ0n) is 11.2. The van der Waals surface area contributed by atoms with Gasteiger partial charge in [0.1, 0.15) is 5.82 Å². The minimum Gasteiger partial charge on any atom is -0.392 e. The summed E-state index contributed by atoms with van der Waals surface area (Å²) in [5.74, 6) is -0.304. The average Bonchev–Trinajstić information content (AvgIpc) is 2.38. The SMILES string of the molecule is Cc1cccc(CN(C)c2ccc(CO)cc2F)c1. The number of rotatable bonds is 4. The van der Waals surface area contributed by atoms with Gasteiger partial charge in [0.2, 0.25) is 0 Å². The predicted molar refractivity (Wildman–Crippen MR) is 75.6 cm³/mol. The van der Waals surface area contributed by atoms with E-state index in [1.807, 2.05) is 37.1 Å². The molecule has 0 atom stereocenters. The summed E-state index contributed by atoms with van der Waals surface area (Å²) >= 11 is 0. The maximum atomic E-state index is 13.9. The van der Waals surface area contributed by atoms with Gasteiger partial charge in [0.25, 0.3) is 0 Å². The van der Waals surface area contributed by atoms with Crippen LogP contribution in [0.15, 0.2) is 42.5 Å². The molecule has 0 unspecified atom stereocenters. The second kappa shape index (κ2) is 5.85. The van der Waals surface area contributed by atoms with E-state index in [2.05, 4.69) is 6.07 Å². The summed E-state index contributed by atoms with van der Waals surface area (Å²) in [5.41, 5.74) is 3.47. The number of anilines is 1. The highest BCUT2D eigenvalue weighted by Crippen LogP contribution is 2.21. The fourth-order valence-corrected chi connectivity index (χ4v) is 2.13. The van der Waals surface area contributed by atoms with Crippen LogP contribution in [0.3, 0.4) is 0 Å². The number of nitrogens with zero attached hydrogens (tertiary/aromatic N) is 1. The van der Waals surface area contributed by atoms with E-state index in [0.717, 1.165) is 5.56 Å². The zero-order valence-corrected chi connectivity index (χ0v) is 11.2.